The summed E-state index contributed by atoms with van der Waals surface area (Å²) in [6.45, 7) is 4.00. The SMILES string of the molecule is COc1ccc(C2=N[C@H](c3ccc(Cl)cc3)[C@H](c3ccc(Cl)cc3)N2C(=O)N2CCN(CC(=O)C(C)C)C(=O)C2)c(OC)c1. The van der Waals surface area contributed by atoms with Gasteiger partial charge in [-0.15, -0.1) is 0 Å². The second-order valence-corrected chi connectivity index (χ2v) is 11.9. The minimum absolute atomic E-state index is 0.0210. The molecule has 0 bridgehead atoms. The van der Waals surface area contributed by atoms with E-state index in [1.54, 1.807) is 61.6 Å². The lowest BCUT2D eigenvalue weighted by Gasteiger charge is -2.38. The second kappa shape index (κ2) is 13.3. The molecule has 0 N–H and O–H groups in total. The van der Waals surface area contributed by atoms with Crippen LogP contribution in [0, 0.1) is 5.92 Å². The van der Waals surface area contributed by atoms with E-state index in [-0.39, 0.29) is 49.8 Å². The Morgan fingerprint density at radius 3 is 2.11 bits per heavy atom. The maximum atomic E-state index is 14.6. The molecule has 0 spiro atoms. The van der Waals surface area contributed by atoms with Crippen LogP contribution in [0.5, 0.6) is 11.5 Å². The average Bonchev–Trinajstić information content (AvgIpc) is 3.42. The number of hydrogen-bond acceptors (Lipinski definition) is 6. The average molecular weight is 638 g/mol. The zero-order valence-corrected chi connectivity index (χ0v) is 26.5. The molecule has 2 aliphatic rings. The van der Waals surface area contributed by atoms with Crippen LogP contribution in [-0.2, 0) is 9.59 Å². The third-order valence-electron chi connectivity index (χ3n) is 7.93. The van der Waals surface area contributed by atoms with Gasteiger partial charge in [0.1, 0.15) is 29.9 Å². The van der Waals surface area contributed by atoms with Crippen molar-refractivity contribution in [1.29, 1.82) is 0 Å². The molecule has 1 saturated heterocycles. The number of ketones is 1. The molecule has 11 heteroatoms. The van der Waals surface area contributed by atoms with Crippen LogP contribution in [0.4, 0.5) is 4.79 Å². The molecule has 0 unspecified atom stereocenters. The minimum atomic E-state index is -0.585. The Morgan fingerprint density at radius 2 is 1.55 bits per heavy atom. The van der Waals surface area contributed by atoms with Gasteiger partial charge in [0.05, 0.1) is 32.4 Å². The fraction of sp³-hybridized carbons (Fsp3) is 0.333. The predicted molar refractivity (Wildman–Crippen MR) is 170 cm³/mol. The molecule has 2 atom stereocenters. The Labute approximate surface area is 267 Å². The van der Waals surface area contributed by atoms with Crippen molar-refractivity contribution < 1.29 is 23.9 Å². The summed E-state index contributed by atoms with van der Waals surface area (Å²) in [5.41, 5.74) is 2.24. The summed E-state index contributed by atoms with van der Waals surface area (Å²) in [5.74, 6) is 0.960. The highest BCUT2D eigenvalue weighted by atomic mass is 35.5. The predicted octanol–water partition coefficient (Wildman–Crippen LogP) is 6.04. The Hall–Kier alpha value is -4.08. The van der Waals surface area contributed by atoms with E-state index in [1.165, 1.54) is 9.80 Å². The molecule has 9 nitrogen and oxygen atoms in total. The zero-order chi connectivity index (χ0) is 31.5. The summed E-state index contributed by atoms with van der Waals surface area (Å²) in [5, 5.41) is 1.14. The van der Waals surface area contributed by atoms with Crippen LogP contribution in [-0.4, -0.2) is 78.7 Å². The first-order chi connectivity index (χ1) is 21.1. The van der Waals surface area contributed by atoms with Crippen LogP contribution in [0.25, 0.3) is 0 Å². The van der Waals surface area contributed by atoms with E-state index in [1.807, 2.05) is 38.1 Å². The molecule has 3 aromatic carbocycles. The summed E-state index contributed by atoms with van der Waals surface area (Å²) < 4.78 is 11.1. The van der Waals surface area contributed by atoms with E-state index < -0.39 is 12.1 Å². The van der Waals surface area contributed by atoms with Gasteiger partial charge in [-0.3, -0.25) is 19.5 Å². The monoisotopic (exact) mass is 636 g/mol. The van der Waals surface area contributed by atoms with Gasteiger partial charge in [-0.2, -0.15) is 0 Å². The molecule has 2 aliphatic heterocycles. The number of Topliss-reactive ketones (excluding diaryl/α,β-unsaturated/α-hetero) is 1. The Balaban J connectivity index is 1.59. The Kier molecular flexibility index (Phi) is 9.46. The number of amidine groups is 1. The summed E-state index contributed by atoms with van der Waals surface area (Å²) in [6, 6.07) is 18.5. The third kappa shape index (κ3) is 6.39. The molecular formula is C33H34Cl2N4O5. The van der Waals surface area contributed by atoms with Gasteiger partial charge in [0.15, 0.2) is 5.78 Å². The Bertz CT molecular complexity index is 1580. The molecular weight excluding hydrogens is 603 g/mol. The largest absolute Gasteiger partial charge is 0.497 e. The van der Waals surface area contributed by atoms with Crippen LogP contribution >= 0.6 is 23.2 Å². The summed E-state index contributed by atoms with van der Waals surface area (Å²) in [7, 11) is 3.11. The number of hydrogen-bond donors (Lipinski definition) is 0. The highest BCUT2D eigenvalue weighted by Gasteiger charge is 2.45. The number of carbonyl (C=O) groups excluding carboxylic acids is 3. The molecule has 5 rings (SSSR count). The molecule has 0 saturated carbocycles. The van der Waals surface area contributed by atoms with Crippen LogP contribution in [0.2, 0.25) is 10.0 Å². The van der Waals surface area contributed by atoms with E-state index in [0.717, 1.165) is 11.1 Å². The minimum Gasteiger partial charge on any atom is -0.497 e. The van der Waals surface area contributed by atoms with Gasteiger partial charge in [0.2, 0.25) is 5.91 Å². The molecule has 3 aromatic rings. The first-order valence-electron chi connectivity index (χ1n) is 14.3. The highest BCUT2D eigenvalue weighted by molar-refractivity contribution is 6.30. The number of piperazine rings is 1. The number of benzene rings is 3. The first kappa shape index (κ1) is 31.3. The molecule has 44 heavy (non-hydrogen) atoms. The van der Waals surface area contributed by atoms with Gasteiger partial charge < -0.3 is 19.3 Å². The van der Waals surface area contributed by atoms with Gasteiger partial charge in [0.25, 0.3) is 0 Å². The van der Waals surface area contributed by atoms with Crippen molar-refractivity contribution in [2.75, 3.05) is 40.4 Å². The normalized spacial score (nSPS) is 18.5. The lowest BCUT2D eigenvalue weighted by Crippen LogP contribution is -2.57. The first-order valence-corrected chi connectivity index (χ1v) is 15.1. The number of ether oxygens (including phenoxy) is 2. The maximum absolute atomic E-state index is 14.6. The number of aliphatic imine (C=N–C) groups is 1. The number of carbonyl (C=O) groups is 3. The van der Waals surface area contributed by atoms with Gasteiger partial charge in [-0.05, 0) is 47.5 Å². The van der Waals surface area contributed by atoms with E-state index in [2.05, 4.69) is 0 Å². The maximum Gasteiger partial charge on any atom is 0.326 e. The molecule has 0 radical (unpaired) electrons. The van der Waals surface area contributed by atoms with Crippen LogP contribution in [0.1, 0.15) is 42.6 Å². The molecule has 0 aliphatic carbocycles. The van der Waals surface area contributed by atoms with Crippen molar-refractivity contribution in [1.82, 2.24) is 14.7 Å². The summed E-state index contributed by atoms with van der Waals surface area (Å²) >= 11 is 12.5. The number of rotatable bonds is 8. The fourth-order valence-corrected chi connectivity index (χ4v) is 5.65. The molecule has 230 valence electrons. The summed E-state index contributed by atoms with van der Waals surface area (Å²) in [4.78, 5) is 50.0. The molecule has 3 amide bonds. The van der Waals surface area contributed by atoms with E-state index in [9.17, 15) is 14.4 Å². The standard InChI is InChI=1S/C33H34Cl2N4O5/c1-20(2)27(40)18-37-15-16-38(19-29(37)41)33(42)39-31(22-7-11-24(35)12-8-22)30(21-5-9-23(34)10-6-21)36-32(39)26-14-13-25(43-3)17-28(26)44-4/h5-14,17,20,30-31H,15-16,18-19H2,1-4H3/t30-,31+/m1/s1. The van der Waals surface area contributed by atoms with Crippen molar-refractivity contribution in [3.8, 4) is 11.5 Å². The number of urea groups is 1. The lowest BCUT2D eigenvalue weighted by molar-refractivity contribution is -0.139. The van der Waals surface area contributed by atoms with Gasteiger partial charge in [-0.25, -0.2) is 4.79 Å². The van der Waals surface area contributed by atoms with Crippen molar-refractivity contribution in [2.45, 2.75) is 25.9 Å². The Morgan fingerprint density at radius 1 is 0.909 bits per heavy atom. The van der Waals surface area contributed by atoms with Crippen LogP contribution in [0.3, 0.4) is 0 Å². The number of methoxy groups -OCH3 is 2. The van der Waals surface area contributed by atoms with Crippen LogP contribution in [0.15, 0.2) is 71.7 Å². The van der Waals surface area contributed by atoms with Crippen molar-refractivity contribution in [3.05, 3.63) is 93.5 Å². The van der Waals surface area contributed by atoms with E-state index in [0.29, 0.717) is 32.9 Å². The van der Waals surface area contributed by atoms with Gasteiger partial charge in [-0.1, -0.05) is 61.3 Å². The van der Waals surface area contributed by atoms with Crippen molar-refractivity contribution in [3.63, 3.8) is 0 Å². The van der Waals surface area contributed by atoms with E-state index >= 15 is 0 Å². The third-order valence-corrected chi connectivity index (χ3v) is 8.43. The quantitative estimate of drug-likeness (QED) is 0.300. The van der Waals surface area contributed by atoms with E-state index in [4.69, 9.17) is 37.7 Å². The zero-order valence-electron chi connectivity index (χ0n) is 25.0. The smallest absolute Gasteiger partial charge is 0.326 e. The van der Waals surface area contributed by atoms with Gasteiger partial charge >= 0.3 is 6.03 Å². The molecule has 0 aromatic heterocycles. The van der Waals surface area contributed by atoms with Crippen LogP contribution < -0.4 is 9.47 Å². The van der Waals surface area contributed by atoms with Crippen molar-refractivity contribution in [2.24, 2.45) is 10.9 Å². The van der Waals surface area contributed by atoms with Gasteiger partial charge in [0, 0.05) is 35.1 Å². The number of halogens is 2. The lowest BCUT2D eigenvalue weighted by atomic mass is 9.93. The highest BCUT2D eigenvalue weighted by Crippen LogP contribution is 2.45. The number of amides is 3. The molecule has 2 heterocycles. The van der Waals surface area contributed by atoms with Crippen molar-refractivity contribution >= 4 is 46.8 Å². The second-order valence-electron chi connectivity index (χ2n) is 11.0. The number of nitrogens with zero attached hydrogens (tertiary/aromatic N) is 4. The fourth-order valence-electron chi connectivity index (χ4n) is 5.40. The molecule has 1 fully saturated rings. The summed E-state index contributed by atoms with van der Waals surface area (Å²) in [6.07, 6.45) is 0. The topological polar surface area (TPSA) is 91.8 Å².